The van der Waals surface area contributed by atoms with E-state index >= 15 is 0 Å². The minimum Gasteiger partial charge on any atom is -0.289 e. The zero-order valence-electron chi connectivity index (χ0n) is 20.5. The smallest absolute Gasteiger partial charge is 0.289 e. The number of carbonyl (C=O) groups excluding carboxylic acids is 1. The molecule has 5 aromatic rings. The number of nitrogens with zero attached hydrogens (tertiary/aromatic N) is 6. The molecule has 0 atom stereocenters. The van der Waals surface area contributed by atoms with E-state index in [2.05, 4.69) is 25.5 Å². The van der Waals surface area contributed by atoms with Crippen molar-refractivity contribution in [2.75, 3.05) is 5.32 Å². The first kappa shape index (κ1) is 26.3. The third-order valence-corrected chi connectivity index (χ3v) is 6.38. The van der Waals surface area contributed by atoms with Gasteiger partial charge in [-0.05, 0) is 29.7 Å². The van der Waals surface area contributed by atoms with E-state index in [0.717, 1.165) is 17.8 Å². The molecule has 8 nitrogen and oxygen atoms in total. The SMILES string of the molecule is CC(C)c1ccc(-c2cc(C(F)(F)F)n3ncc(C(=O)Nc4ncn(Cc5c(F)cccc5Cl)n4)c3n2)cc1. The molecular formula is C26H20ClF4N7O. The summed E-state index contributed by atoms with van der Waals surface area (Å²) in [4.78, 5) is 21.3. The maximum atomic E-state index is 14.1. The molecule has 0 aliphatic rings. The molecule has 1 amide bonds. The minimum absolute atomic E-state index is 0.0313. The molecule has 0 bridgehead atoms. The first-order chi connectivity index (χ1) is 18.5. The molecule has 39 heavy (non-hydrogen) atoms. The Balaban J connectivity index is 1.47. The Bertz CT molecular complexity index is 1660. The van der Waals surface area contributed by atoms with Crippen molar-refractivity contribution in [3.8, 4) is 11.3 Å². The van der Waals surface area contributed by atoms with Gasteiger partial charge in [0, 0.05) is 16.1 Å². The molecule has 2 aromatic carbocycles. The second-order valence-corrected chi connectivity index (χ2v) is 9.42. The summed E-state index contributed by atoms with van der Waals surface area (Å²) in [5.41, 5.74) is 0.0964. The van der Waals surface area contributed by atoms with Crippen molar-refractivity contribution in [3.63, 3.8) is 0 Å². The van der Waals surface area contributed by atoms with Crippen LogP contribution in [0.2, 0.25) is 5.02 Å². The largest absolute Gasteiger partial charge is 0.433 e. The minimum atomic E-state index is -4.76. The van der Waals surface area contributed by atoms with Gasteiger partial charge >= 0.3 is 6.18 Å². The van der Waals surface area contributed by atoms with Gasteiger partial charge in [0.2, 0.25) is 5.95 Å². The van der Waals surface area contributed by atoms with E-state index in [1.165, 1.54) is 29.2 Å². The fraction of sp³-hybridized carbons (Fsp3) is 0.192. The molecule has 3 heterocycles. The molecule has 0 unspecified atom stereocenters. The third kappa shape index (κ3) is 5.32. The van der Waals surface area contributed by atoms with Crippen LogP contribution in [0.4, 0.5) is 23.5 Å². The summed E-state index contributed by atoms with van der Waals surface area (Å²) < 4.78 is 57.7. The molecule has 0 saturated carbocycles. The van der Waals surface area contributed by atoms with Crippen molar-refractivity contribution in [1.82, 2.24) is 29.4 Å². The van der Waals surface area contributed by atoms with Gasteiger partial charge in [0.1, 0.15) is 17.7 Å². The summed E-state index contributed by atoms with van der Waals surface area (Å²) >= 11 is 6.05. The van der Waals surface area contributed by atoms with Crippen molar-refractivity contribution in [2.45, 2.75) is 32.5 Å². The number of hydrogen-bond donors (Lipinski definition) is 1. The van der Waals surface area contributed by atoms with Crippen LogP contribution >= 0.6 is 11.6 Å². The first-order valence-electron chi connectivity index (χ1n) is 11.7. The summed E-state index contributed by atoms with van der Waals surface area (Å²) in [7, 11) is 0. The highest BCUT2D eigenvalue weighted by molar-refractivity contribution is 6.31. The molecule has 0 fully saturated rings. The van der Waals surface area contributed by atoms with Crippen molar-refractivity contribution < 1.29 is 22.4 Å². The molecular weight excluding hydrogens is 538 g/mol. The lowest BCUT2D eigenvalue weighted by atomic mass is 10.0. The Labute approximate surface area is 224 Å². The van der Waals surface area contributed by atoms with Gasteiger partial charge in [-0.15, -0.1) is 5.10 Å². The molecule has 1 N–H and O–H groups in total. The van der Waals surface area contributed by atoms with Crippen LogP contribution in [-0.4, -0.2) is 35.3 Å². The van der Waals surface area contributed by atoms with Crippen LogP contribution in [0.3, 0.4) is 0 Å². The van der Waals surface area contributed by atoms with Gasteiger partial charge in [0.15, 0.2) is 11.3 Å². The lowest BCUT2D eigenvalue weighted by Crippen LogP contribution is -2.16. The fourth-order valence-corrected chi connectivity index (χ4v) is 4.18. The molecule has 0 saturated heterocycles. The van der Waals surface area contributed by atoms with Gasteiger partial charge in [-0.1, -0.05) is 55.8 Å². The monoisotopic (exact) mass is 557 g/mol. The highest BCUT2D eigenvalue weighted by Crippen LogP contribution is 2.33. The lowest BCUT2D eigenvalue weighted by Gasteiger charge is -2.12. The van der Waals surface area contributed by atoms with E-state index in [4.69, 9.17) is 11.6 Å². The molecule has 3 aromatic heterocycles. The number of aromatic nitrogens is 6. The average Bonchev–Trinajstić information content (AvgIpc) is 3.52. The summed E-state index contributed by atoms with van der Waals surface area (Å²) in [6, 6.07) is 12.1. The molecule has 200 valence electrons. The van der Waals surface area contributed by atoms with Gasteiger partial charge in [-0.25, -0.2) is 23.6 Å². The number of hydrogen-bond acceptors (Lipinski definition) is 5. The van der Waals surface area contributed by atoms with Crippen molar-refractivity contribution in [3.05, 3.63) is 94.3 Å². The maximum absolute atomic E-state index is 14.1. The van der Waals surface area contributed by atoms with Crippen LogP contribution in [0.25, 0.3) is 16.9 Å². The van der Waals surface area contributed by atoms with E-state index in [1.807, 2.05) is 26.0 Å². The number of fused-ring (bicyclic) bond motifs is 1. The van der Waals surface area contributed by atoms with E-state index in [1.54, 1.807) is 12.1 Å². The molecule has 0 radical (unpaired) electrons. The molecule has 5 rings (SSSR count). The predicted molar refractivity (Wildman–Crippen MR) is 136 cm³/mol. The maximum Gasteiger partial charge on any atom is 0.433 e. The Morgan fingerprint density at radius 2 is 1.87 bits per heavy atom. The van der Waals surface area contributed by atoms with Gasteiger partial charge < -0.3 is 0 Å². The van der Waals surface area contributed by atoms with Gasteiger partial charge in [0.05, 0.1) is 18.4 Å². The Morgan fingerprint density at radius 3 is 2.54 bits per heavy atom. The summed E-state index contributed by atoms with van der Waals surface area (Å²) in [6.07, 6.45) is -2.51. The lowest BCUT2D eigenvalue weighted by molar-refractivity contribution is -0.142. The van der Waals surface area contributed by atoms with Crippen LogP contribution < -0.4 is 5.32 Å². The van der Waals surface area contributed by atoms with Crippen molar-refractivity contribution >= 4 is 29.1 Å². The quantitative estimate of drug-likeness (QED) is 0.250. The van der Waals surface area contributed by atoms with Crippen LogP contribution in [0, 0.1) is 5.82 Å². The molecule has 0 aliphatic carbocycles. The Morgan fingerprint density at radius 1 is 1.13 bits per heavy atom. The zero-order chi connectivity index (χ0) is 27.9. The number of amides is 1. The first-order valence-corrected chi connectivity index (χ1v) is 12.1. The van der Waals surface area contributed by atoms with Gasteiger partial charge in [-0.2, -0.15) is 18.3 Å². The number of carbonyl (C=O) groups is 1. The van der Waals surface area contributed by atoms with E-state index < -0.39 is 23.6 Å². The summed E-state index contributed by atoms with van der Waals surface area (Å²) in [5.74, 6) is -1.26. The number of anilines is 1. The third-order valence-electron chi connectivity index (χ3n) is 6.02. The second kappa shape index (κ2) is 10.1. The van der Waals surface area contributed by atoms with Crippen molar-refractivity contribution in [1.29, 1.82) is 0 Å². The summed E-state index contributed by atoms with van der Waals surface area (Å²) in [5, 5.41) is 10.5. The molecule has 0 spiro atoms. The topological polar surface area (TPSA) is 90.0 Å². The number of nitrogens with one attached hydrogen (secondary N) is 1. The van der Waals surface area contributed by atoms with E-state index in [0.29, 0.717) is 10.1 Å². The van der Waals surface area contributed by atoms with Crippen LogP contribution in [0.1, 0.15) is 46.9 Å². The van der Waals surface area contributed by atoms with Gasteiger partial charge in [0.25, 0.3) is 5.91 Å². The summed E-state index contributed by atoms with van der Waals surface area (Å²) in [6.45, 7) is 3.96. The second-order valence-electron chi connectivity index (χ2n) is 9.01. The van der Waals surface area contributed by atoms with E-state index in [-0.39, 0.29) is 45.9 Å². The highest BCUT2D eigenvalue weighted by Gasteiger charge is 2.36. The Hall–Kier alpha value is -4.32. The van der Waals surface area contributed by atoms with Crippen LogP contribution in [-0.2, 0) is 12.7 Å². The highest BCUT2D eigenvalue weighted by atomic mass is 35.5. The Kier molecular flexibility index (Phi) is 6.81. The number of benzene rings is 2. The van der Waals surface area contributed by atoms with Crippen molar-refractivity contribution in [2.24, 2.45) is 0 Å². The number of rotatable bonds is 6. The van der Waals surface area contributed by atoms with Crippen LogP contribution in [0.5, 0.6) is 0 Å². The standard InChI is InChI=1S/C26H20ClF4N7O/c1-14(2)15-6-8-16(9-7-15)21-10-22(26(29,30)31)38-23(34-21)17(11-33-38)24(39)35-25-32-13-37(36-25)12-18-19(27)4-3-5-20(18)28/h3-11,13-14H,12H2,1-2H3,(H,35,36,39). The van der Waals surface area contributed by atoms with E-state index in [9.17, 15) is 22.4 Å². The molecule has 13 heteroatoms. The normalized spacial score (nSPS) is 11.9. The predicted octanol–water partition coefficient (Wildman–Crippen LogP) is 6.22. The molecule has 0 aliphatic heterocycles. The van der Waals surface area contributed by atoms with Crippen LogP contribution in [0.15, 0.2) is 61.1 Å². The average molecular weight is 558 g/mol. The fourth-order valence-electron chi connectivity index (χ4n) is 3.95. The zero-order valence-corrected chi connectivity index (χ0v) is 21.3. The number of alkyl halides is 3. The number of halogens is 5. The van der Waals surface area contributed by atoms with Gasteiger partial charge in [-0.3, -0.25) is 10.1 Å².